The van der Waals surface area contributed by atoms with E-state index in [1.165, 1.54) is 16.8 Å². The van der Waals surface area contributed by atoms with Gasteiger partial charge in [-0.05, 0) is 24.3 Å². The van der Waals surface area contributed by atoms with E-state index in [1.54, 1.807) is 36.6 Å². The molecule has 0 fully saturated rings. The van der Waals surface area contributed by atoms with Crippen LogP contribution in [0.1, 0.15) is 0 Å². The predicted molar refractivity (Wildman–Crippen MR) is 72.3 cm³/mol. The summed E-state index contributed by atoms with van der Waals surface area (Å²) in [5.41, 5.74) is 7.17. The van der Waals surface area contributed by atoms with E-state index in [2.05, 4.69) is 5.10 Å². The fourth-order valence-corrected chi connectivity index (χ4v) is 1.86. The molecule has 0 bridgehead atoms. The van der Waals surface area contributed by atoms with Gasteiger partial charge < -0.3 is 10.2 Å². The number of nitro groups is 1. The number of rotatable bonds is 3. The van der Waals surface area contributed by atoms with Gasteiger partial charge in [-0.25, -0.2) is 4.68 Å². The van der Waals surface area contributed by atoms with Crippen molar-refractivity contribution in [1.29, 1.82) is 0 Å². The van der Waals surface area contributed by atoms with Crippen LogP contribution in [0.3, 0.4) is 0 Å². The monoisotopic (exact) mass is 270 g/mol. The van der Waals surface area contributed by atoms with Crippen LogP contribution in [0.5, 0.6) is 0 Å². The Hall–Kier alpha value is -3.09. The van der Waals surface area contributed by atoms with Gasteiger partial charge in [-0.2, -0.15) is 5.10 Å². The van der Waals surface area contributed by atoms with Crippen LogP contribution >= 0.6 is 0 Å². The maximum atomic E-state index is 10.6. The van der Waals surface area contributed by atoms with Gasteiger partial charge in [0.15, 0.2) is 5.76 Å². The fourth-order valence-electron chi connectivity index (χ4n) is 1.86. The molecule has 2 aromatic heterocycles. The molecule has 0 aliphatic carbocycles. The van der Waals surface area contributed by atoms with Crippen molar-refractivity contribution >= 4 is 11.5 Å². The van der Waals surface area contributed by atoms with Crippen LogP contribution in [-0.4, -0.2) is 14.7 Å². The average molecular weight is 270 g/mol. The summed E-state index contributed by atoms with van der Waals surface area (Å²) < 4.78 is 6.76. The van der Waals surface area contributed by atoms with Crippen LogP contribution in [-0.2, 0) is 0 Å². The molecule has 7 heteroatoms. The van der Waals surface area contributed by atoms with Gasteiger partial charge in [0.2, 0.25) is 0 Å². The summed E-state index contributed by atoms with van der Waals surface area (Å²) in [4.78, 5) is 10.2. The van der Waals surface area contributed by atoms with E-state index in [-0.39, 0.29) is 5.69 Å². The van der Waals surface area contributed by atoms with Gasteiger partial charge in [-0.15, -0.1) is 0 Å². The zero-order chi connectivity index (χ0) is 14.1. The Morgan fingerprint density at radius 3 is 2.60 bits per heavy atom. The highest BCUT2D eigenvalue weighted by molar-refractivity contribution is 5.59. The molecule has 3 rings (SSSR count). The van der Waals surface area contributed by atoms with Gasteiger partial charge in [0, 0.05) is 18.2 Å². The Morgan fingerprint density at radius 1 is 1.25 bits per heavy atom. The summed E-state index contributed by atoms with van der Waals surface area (Å²) in [6, 6.07) is 11.2. The Morgan fingerprint density at radius 2 is 2.00 bits per heavy atom. The highest BCUT2D eigenvalue weighted by Gasteiger charge is 2.12. The van der Waals surface area contributed by atoms with Crippen LogP contribution in [0.25, 0.3) is 17.1 Å². The van der Waals surface area contributed by atoms with Crippen molar-refractivity contribution in [3.63, 3.8) is 0 Å². The summed E-state index contributed by atoms with van der Waals surface area (Å²) in [7, 11) is 0. The number of furan rings is 1. The van der Waals surface area contributed by atoms with Gasteiger partial charge in [-0.1, -0.05) is 0 Å². The zero-order valence-corrected chi connectivity index (χ0v) is 10.3. The van der Waals surface area contributed by atoms with Crippen molar-refractivity contribution in [2.75, 3.05) is 5.73 Å². The second kappa shape index (κ2) is 4.54. The number of anilines is 1. The van der Waals surface area contributed by atoms with E-state index in [0.717, 1.165) is 0 Å². The summed E-state index contributed by atoms with van der Waals surface area (Å²) >= 11 is 0. The molecule has 0 saturated carbocycles. The second-order valence-corrected chi connectivity index (χ2v) is 4.12. The van der Waals surface area contributed by atoms with E-state index in [4.69, 9.17) is 10.2 Å². The first kappa shape index (κ1) is 12.0. The van der Waals surface area contributed by atoms with Crippen molar-refractivity contribution in [3.8, 4) is 17.1 Å². The van der Waals surface area contributed by atoms with Crippen LogP contribution < -0.4 is 5.73 Å². The summed E-state index contributed by atoms with van der Waals surface area (Å²) in [6.45, 7) is 0. The molecule has 0 radical (unpaired) electrons. The first-order valence-electron chi connectivity index (χ1n) is 5.79. The van der Waals surface area contributed by atoms with Crippen LogP contribution in [0.4, 0.5) is 11.5 Å². The molecule has 0 saturated heterocycles. The van der Waals surface area contributed by atoms with E-state index in [9.17, 15) is 10.1 Å². The number of non-ortho nitro benzene ring substituents is 1. The lowest BCUT2D eigenvalue weighted by Crippen LogP contribution is -2.01. The van der Waals surface area contributed by atoms with E-state index in [1.807, 2.05) is 0 Å². The molecule has 1 aromatic carbocycles. The normalized spacial score (nSPS) is 10.6. The lowest BCUT2D eigenvalue weighted by molar-refractivity contribution is -0.384. The SMILES string of the molecule is Nc1cc(-c2ccco2)nn1-c1ccc([N+](=O)[O-])cc1. The largest absolute Gasteiger partial charge is 0.463 e. The molecule has 20 heavy (non-hydrogen) atoms. The highest BCUT2D eigenvalue weighted by atomic mass is 16.6. The van der Waals surface area contributed by atoms with Gasteiger partial charge in [-0.3, -0.25) is 10.1 Å². The molecule has 2 N–H and O–H groups in total. The summed E-state index contributed by atoms with van der Waals surface area (Å²) in [6.07, 6.45) is 1.55. The molecule has 0 unspecified atom stereocenters. The molecule has 0 aliphatic heterocycles. The smallest absolute Gasteiger partial charge is 0.269 e. The predicted octanol–water partition coefficient (Wildman–Crippen LogP) is 2.62. The Kier molecular flexibility index (Phi) is 2.72. The molecule has 0 aliphatic rings. The lowest BCUT2D eigenvalue weighted by atomic mass is 10.3. The number of benzene rings is 1. The van der Waals surface area contributed by atoms with Crippen molar-refractivity contribution in [2.24, 2.45) is 0 Å². The van der Waals surface area contributed by atoms with Crippen molar-refractivity contribution < 1.29 is 9.34 Å². The average Bonchev–Trinajstić information content (AvgIpc) is 3.08. The first-order chi connectivity index (χ1) is 9.65. The Balaban J connectivity index is 2.00. The standard InChI is InChI=1S/C13H10N4O3/c14-13-8-11(12-2-1-7-20-12)15-16(13)9-3-5-10(6-4-9)17(18)19/h1-8H,14H2. The van der Waals surface area contributed by atoms with Crippen molar-refractivity contribution in [3.05, 3.63) is 58.8 Å². The van der Waals surface area contributed by atoms with E-state index < -0.39 is 4.92 Å². The topological polar surface area (TPSA) is 100 Å². The maximum absolute atomic E-state index is 10.6. The van der Waals surface area contributed by atoms with Gasteiger partial charge >= 0.3 is 0 Å². The first-order valence-corrected chi connectivity index (χ1v) is 5.79. The molecule has 0 spiro atoms. The van der Waals surface area contributed by atoms with E-state index in [0.29, 0.717) is 23.0 Å². The van der Waals surface area contributed by atoms with Crippen LogP contribution in [0.15, 0.2) is 53.1 Å². The molecular weight excluding hydrogens is 260 g/mol. The van der Waals surface area contributed by atoms with Gasteiger partial charge in [0.05, 0.1) is 16.9 Å². The van der Waals surface area contributed by atoms with Crippen LogP contribution in [0, 0.1) is 10.1 Å². The number of hydrogen-bond donors (Lipinski definition) is 1. The van der Waals surface area contributed by atoms with E-state index >= 15 is 0 Å². The fraction of sp³-hybridized carbons (Fsp3) is 0. The minimum atomic E-state index is -0.454. The van der Waals surface area contributed by atoms with Crippen molar-refractivity contribution in [2.45, 2.75) is 0 Å². The van der Waals surface area contributed by atoms with Gasteiger partial charge in [0.25, 0.3) is 5.69 Å². The van der Waals surface area contributed by atoms with Crippen LogP contribution in [0.2, 0.25) is 0 Å². The Labute approximate surface area is 113 Å². The maximum Gasteiger partial charge on any atom is 0.269 e. The molecule has 0 amide bonds. The number of nitrogens with zero attached hydrogens (tertiary/aromatic N) is 3. The number of nitrogen functional groups attached to an aromatic ring is 1. The summed E-state index contributed by atoms with van der Waals surface area (Å²) in [5, 5.41) is 14.9. The quantitative estimate of drug-likeness (QED) is 0.582. The van der Waals surface area contributed by atoms with Gasteiger partial charge in [0.1, 0.15) is 11.5 Å². The summed E-state index contributed by atoms with van der Waals surface area (Å²) in [5.74, 6) is 1.03. The minimum absolute atomic E-state index is 0.0192. The third-order valence-electron chi connectivity index (χ3n) is 2.82. The second-order valence-electron chi connectivity index (χ2n) is 4.12. The molecule has 0 atom stereocenters. The number of nitro benzene ring substituents is 1. The third kappa shape index (κ3) is 2.01. The molecule has 100 valence electrons. The number of aromatic nitrogens is 2. The molecular formula is C13H10N4O3. The number of hydrogen-bond acceptors (Lipinski definition) is 5. The number of nitrogens with two attached hydrogens (primary N) is 1. The molecule has 7 nitrogen and oxygen atoms in total. The lowest BCUT2D eigenvalue weighted by Gasteiger charge is -2.02. The zero-order valence-electron chi connectivity index (χ0n) is 10.3. The Bertz CT molecular complexity index is 745. The van der Waals surface area contributed by atoms with Crippen molar-refractivity contribution in [1.82, 2.24) is 9.78 Å². The third-order valence-corrected chi connectivity index (χ3v) is 2.82. The highest BCUT2D eigenvalue weighted by Crippen LogP contribution is 2.24. The minimum Gasteiger partial charge on any atom is -0.463 e. The molecule has 2 heterocycles. The molecule has 3 aromatic rings.